The number of primary amides is 1. The van der Waals surface area contributed by atoms with Crippen LogP contribution in [0.25, 0.3) is 5.69 Å². The summed E-state index contributed by atoms with van der Waals surface area (Å²) in [5.41, 5.74) is 17.8. The maximum absolute atomic E-state index is 13.6. The van der Waals surface area contributed by atoms with E-state index in [2.05, 4.69) is 31.0 Å². The van der Waals surface area contributed by atoms with Crippen LogP contribution in [-0.2, 0) is 20.8 Å². The molecule has 14 nitrogen and oxygen atoms in total. The van der Waals surface area contributed by atoms with E-state index in [1.54, 1.807) is 25.1 Å². The molecular weight excluding hydrogens is 667 g/mol. The number of nitrogens with zero attached hydrogens (tertiary/aromatic N) is 4. The zero-order chi connectivity index (χ0) is 34.7. The number of halogens is 2. The number of nitrogens with two attached hydrogens (primary N) is 3. The average Bonchev–Trinajstić information content (AvgIpc) is 3.62. The minimum absolute atomic E-state index is 0.0994. The number of thiophene rings is 1. The predicted octanol–water partition coefficient (Wildman–Crippen LogP) is 2.23. The number of aromatic nitrogens is 3. The van der Waals surface area contributed by atoms with Gasteiger partial charge in [0.15, 0.2) is 5.96 Å². The lowest BCUT2D eigenvalue weighted by atomic mass is 9.99. The van der Waals surface area contributed by atoms with Crippen LogP contribution in [0, 0.1) is 12.8 Å². The fourth-order valence-electron chi connectivity index (χ4n) is 4.80. The molecular formula is C30H40Cl2N10O4S. The van der Waals surface area contributed by atoms with E-state index in [1.165, 1.54) is 16.0 Å². The highest BCUT2D eigenvalue weighted by molar-refractivity contribution is 7.07. The number of aliphatic imine (C=N–C) groups is 1. The highest BCUT2D eigenvalue weighted by atomic mass is 35.5. The van der Waals surface area contributed by atoms with E-state index in [1.807, 2.05) is 30.7 Å². The van der Waals surface area contributed by atoms with Crippen LogP contribution in [0.15, 0.2) is 40.0 Å². The lowest BCUT2D eigenvalue weighted by Crippen LogP contribution is -2.52. The van der Waals surface area contributed by atoms with Gasteiger partial charge < -0.3 is 33.2 Å². The summed E-state index contributed by atoms with van der Waals surface area (Å²) in [7, 11) is 0. The molecule has 3 atom stereocenters. The molecule has 0 fully saturated rings. The lowest BCUT2D eigenvalue weighted by Gasteiger charge is -2.25. The largest absolute Gasteiger partial charge is 0.370 e. The summed E-state index contributed by atoms with van der Waals surface area (Å²) < 4.78 is 1.41. The van der Waals surface area contributed by atoms with Gasteiger partial charge >= 0.3 is 0 Å². The quantitative estimate of drug-likeness (QED) is 0.0691. The van der Waals surface area contributed by atoms with Crippen LogP contribution in [0.5, 0.6) is 0 Å². The highest BCUT2D eigenvalue weighted by Crippen LogP contribution is 2.22. The normalized spacial score (nSPS) is 13.0. The van der Waals surface area contributed by atoms with Gasteiger partial charge in [-0.1, -0.05) is 37.0 Å². The molecule has 0 saturated carbocycles. The molecule has 17 heteroatoms. The molecule has 0 radical (unpaired) electrons. The van der Waals surface area contributed by atoms with E-state index in [0.29, 0.717) is 34.4 Å². The number of nitrogens with one attached hydrogen (secondary N) is 3. The van der Waals surface area contributed by atoms with Gasteiger partial charge in [-0.2, -0.15) is 11.3 Å². The third kappa shape index (κ3) is 12.2. The summed E-state index contributed by atoms with van der Waals surface area (Å²) >= 11 is 13.7. The highest BCUT2D eigenvalue weighted by Gasteiger charge is 2.28. The summed E-state index contributed by atoms with van der Waals surface area (Å²) in [6, 6.07) is 4.10. The van der Waals surface area contributed by atoms with Gasteiger partial charge in [-0.05, 0) is 72.7 Å². The van der Waals surface area contributed by atoms with Gasteiger partial charge in [-0.15, -0.1) is 5.10 Å². The molecule has 4 amide bonds. The van der Waals surface area contributed by atoms with E-state index >= 15 is 0 Å². The first-order chi connectivity index (χ1) is 22.2. The second-order valence-electron chi connectivity index (χ2n) is 11.4. The molecule has 2 unspecified atom stereocenters. The van der Waals surface area contributed by atoms with Gasteiger partial charge in [0.1, 0.15) is 17.9 Å². The molecule has 0 aliphatic heterocycles. The zero-order valence-corrected chi connectivity index (χ0v) is 28.7. The molecule has 2 heterocycles. The first kappa shape index (κ1) is 37.2. The van der Waals surface area contributed by atoms with Crippen LogP contribution in [0.4, 0.5) is 0 Å². The summed E-state index contributed by atoms with van der Waals surface area (Å²) in [5.74, 6) is -2.12. The SMILES string of the molecule is Cc1nc(C(=O)N[C@@H](CCCN=C(N)N)C(=O)NC(CC(=O)NC(Cc2ccsc2)C(N)=O)CC(C)C)nn1-c1cc(Cl)cc(Cl)c1. The Morgan fingerprint density at radius 1 is 1.02 bits per heavy atom. The summed E-state index contributed by atoms with van der Waals surface area (Å²) in [6.45, 7) is 5.78. The first-order valence-electron chi connectivity index (χ1n) is 14.9. The molecule has 3 aromatic rings. The summed E-state index contributed by atoms with van der Waals surface area (Å²) in [6.07, 6.45) is 1.12. The number of amides is 4. The van der Waals surface area contributed by atoms with E-state index in [-0.39, 0.29) is 43.5 Å². The Morgan fingerprint density at radius 3 is 2.32 bits per heavy atom. The summed E-state index contributed by atoms with van der Waals surface area (Å²) in [4.78, 5) is 60.3. The van der Waals surface area contributed by atoms with Crippen molar-refractivity contribution in [3.05, 3.63) is 62.3 Å². The number of hydrogen-bond donors (Lipinski definition) is 6. The standard InChI is InChI=1S/C30H40Cl2N10O4S/c1-16(2)9-21(14-25(43)39-24(26(33)44)10-18-6-8-47-15-18)38-28(45)23(5-4-7-36-30(34)35)40-29(46)27-37-17(3)42(41-27)22-12-19(31)11-20(32)13-22/h6,8,11-13,15-16,21,23-24H,4-5,7,9-10,14H2,1-3H3,(H2,33,44)(H,38,45)(H,39,43)(H,40,46)(H4,34,35,36)/t21?,23-,24?/m0/s1. The second kappa shape index (κ2) is 17.6. The topological polar surface area (TPSA) is 226 Å². The van der Waals surface area contributed by atoms with Crippen LogP contribution >= 0.6 is 34.5 Å². The van der Waals surface area contributed by atoms with Crippen molar-refractivity contribution >= 4 is 64.1 Å². The van der Waals surface area contributed by atoms with Crippen molar-refractivity contribution in [2.45, 2.75) is 71.0 Å². The Hall–Kier alpha value is -4.21. The van der Waals surface area contributed by atoms with E-state index < -0.39 is 41.8 Å². The van der Waals surface area contributed by atoms with Crippen molar-refractivity contribution in [3.8, 4) is 5.69 Å². The second-order valence-corrected chi connectivity index (χ2v) is 13.0. The van der Waals surface area contributed by atoms with Gasteiger partial charge in [0.2, 0.25) is 23.5 Å². The third-order valence-electron chi connectivity index (χ3n) is 6.86. The molecule has 0 aliphatic carbocycles. The summed E-state index contributed by atoms with van der Waals surface area (Å²) in [5, 5.41) is 17.1. The number of benzene rings is 1. The van der Waals surface area contributed by atoms with Crippen molar-refractivity contribution in [1.82, 2.24) is 30.7 Å². The van der Waals surface area contributed by atoms with Gasteiger partial charge in [0, 0.05) is 35.5 Å². The molecule has 2 aromatic heterocycles. The van der Waals surface area contributed by atoms with E-state index in [4.69, 9.17) is 40.4 Å². The number of rotatable bonds is 17. The van der Waals surface area contributed by atoms with Crippen LogP contribution < -0.4 is 33.2 Å². The van der Waals surface area contributed by atoms with Crippen molar-refractivity contribution in [3.63, 3.8) is 0 Å². The smallest absolute Gasteiger partial charge is 0.291 e. The van der Waals surface area contributed by atoms with Gasteiger partial charge in [0.05, 0.1) is 5.69 Å². The van der Waals surface area contributed by atoms with E-state index in [9.17, 15) is 19.2 Å². The van der Waals surface area contributed by atoms with Crippen LogP contribution in [0.2, 0.25) is 10.0 Å². The third-order valence-corrected chi connectivity index (χ3v) is 8.03. The van der Waals surface area contributed by atoms with Crippen molar-refractivity contribution in [2.24, 2.45) is 28.1 Å². The van der Waals surface area contributed by atoms with Crippen LogP contribution in [0.1, 0.15) is 61.5 Å². The number of hydrogen-bond acceptors (Lipinski definition) is 8. The Labute approximate surface area is 286 Å². The molecule has 1 aromatic carbocycles. The van der Waals surface area contributed by atoms with Crippen molar-refractivity contribution < 1.29 is 19.2 Å². The zero-order valence-electron chi connectivity index (χ0n) is 26.3. The number of carbonyl (C=O) groups excluding carboxylic acids is 4. The molecule has 0 saturated heterocycles. The Balaban J connectivity index is 1.76. The first-order valence-corrected chi connectivity index (χ1v) is 16.6. The minimum atomic E-state index is -1.04. The molecule has 3 rings (SSSR count). The Kier molecular flexibility index (Phi) is 14.0. The van der Waals surface area contributed by atoms with Gasteiger partial charge in [0.25, 0.3) is 5.91 Å². The molecule has 254 valence electrons. The Bertz CT molecular complexity index is 1550. The van der Waals surface area contributed by atoms with Gasteiger partial charge in [-0.3, -0.25) is 24.2 Å². The molecule has 0 spiro atoms. The van der Waals surface area contributed by atoms with Gasteiger partial charge in [-0.25, -0.2) is 9.67 Å². The fraction of sp³-hybridized carbons (Fsp3) is 0.433. The molecule has 0 aliphatic rings. The Morgan fingerprint density at radius 2 is 1.72 bits per heavy atom. The number of carbonyl (C=O) groups is 4. The lowest BCUT2D eigenvalue weighted by molar-refractivity contribution is -0.128. The fourth-order valence-corrected chi connectivity index (χ4v) is 5.99. The maximum atomic E-state index is 13.6. The number of aryl methyl sites for hydroxylation is 1. The maximum Gasteiger partial charge on any atom is 0.291 e. The van der Waals surface area contributed by atoms with Crippen molar-refractivity contribution in [1.29, 1.82) is 0 Å². The van der Waals surface area contributed by atoms with Crippen LogP contribution in [-0.4, -0.2) is 69.0 Å². The number of guanidine groups is 1. The molecule has 47 heavy (non-hydrogen) atoms. The molecule has 9 N–H and O–H groups in total. The average molecular weight is 708 g/mol. The van der Waals surface area contributed by atoms with Crippen molar-refractivity contribution in [2.75, 3.05) is 6.54 Å². The van der Waals surface area contributed by atoms with Crippen LogP contribution in [0.3, 0.4) is 0 Å². The van der Waals surface area contributed by atoms with E-state index in [0.717, 1.165) is 5.56 Å². The molecule has 0 bridgehead atoms. The predicted molar refractivity (Wildman–Crippen MR) is 182 cm³/mol. The monoisotopic (exact) mass is 706 g/mol. The minimum Gasteiger partial charge on any atom is -0.370 e.